The molecule has 0 spiro atoms. The quantitative estimate of drug-likeness (QED) is 0.589. The van der Waals surface area contributed by atoms with Crippen molar-refractivity contribution in [2.24, 2.45) is 0 Å². The number of fused-ring (bicyclic) bond motifs is 1. The molecule has 1 unspecified atom stereocenters. The first-order valence-electron chi connectivity index (χ1n) is 4.15. The maximum atomic E-state index is 2.53. The normalized spacial score (nSPS) is 30.3. The second-order valence-electron chi connectivity index (χ2n) is 2.93. The first-order chi connectivity index (χ1) is 5.42. The summed E-state index contributed by atoms with van der Waals surface area (Å²) >= 11 is 1.99. The molecule has 1 aliphatic carbocycles. The molecule has 0 aromatic heterocycles. The fraction of sp³-hybridized carbons (Fsp3) is 0.556. The third kappa shape index (κ3) is 1.25. The average molecular weight is 167 g/mol. The molecule has 1 atom stereocenters. The van der Waals surface area contributed by atoms with Gasteiger partial charge in [-0.3, -0.25) is 4.90 Å². The smallest absolute Gasteiger partial charge is 0.0495 e. The van der Waals surface area contributed by atoms with Crippen molar-refractivity contribution in [2.75, 3.05) is 12.4 Å². The lowest BCUT2D eigenvalue weighted by atomic mass is 10.1. The predicted octanol–water partition coefficient (Wildman–Crippen LogP) is 2.22. The highest BCUT2D eigenvalue weighted by Gasteiger charge is 2.28. The minimum Gasteiger partial charge on any atom is -0.286 e. The summed E-state index contributed by atoms with van der Waals surface area (Å²) in [4.78, 5) is 4.09. The Morgan fingerprint density at radius 2 is 2.64 bits per heavy atom. The van der Waals surface area contributed by atoms with Crippen molar-refractivity contribution in [3.63, 3.8) is 0 Å². The summed E-state index contributed by atoms with van der Waals surface area (Å²) in [5, 5.41) is 0. The highest BCUT2D eigenvalue weighted by molar-refractivity contribution is 8.03. The molecule has 1 aliphatic heterocycles. The van der Waals surface area contributed by atoms with E-state index in [1.807, 2.05) is 11.8 Å². The van der Waals surface area contributed by atoms with E-state index in [2.05, 4.69) is 30.1 Å². The van der Waals surface area contributed by atoms with Crippen LogP contribution in [0.1, 0.15) is 13.3 Å². The minimum absolute atomic E-state index is 0.718. The molecule has 2 aliphatic rings. The van der Waals surface area contributed by atoms with E-state index in [0.29, 0.717) is 0 Å². The molecule has 0 aromatic rings. The van der Waals surface area contributed by atoms with E-state index < -0.39 is 0 Å². The van der Waals surface area contributed by atoms with Crippen LogP contribution in [0.15, 0.2) is 23.1 Å². The summed E-state index contributed by atoms with van der Waals surface area (Å²) in [6.07, 6.45) is 7.92. The van der Waals surface area contributed by atoms with Crippen molar-refractivity contribution in [3.05, 3.63) is 23.1 Å². The Kier molecular flexibility index (Phi) is 2.05. The van der Waals surface area contributed by atoms with Crippen LogP contribution in [0.2, 0.25) is 0 Å². The molecule has 1 saturated heterocycles. The van der Waals surface area contributed by atoms with Gasteiger partial charge in [0.25, 0.3) is 0 Å². The summed E-state index contributed by atoms with van der Waals surface area (Å²) in [6, 6.07) is 0.718. The zero-order valence-corrected chi connectivity index (χ0v) is 7.60. The van der Waals surface area contributed by atoms with E-state index >= 15 is 0 Å². The Morgan fingerprint density at radius 1 is 1.73 bits per heavy atom. The minimum atomic E-state index is 0.718. The number of allylic oxidation sites excluding steroid dienone is 2. The van der Waals surface area contributed by atoms with Crippen LogP contribution < -0.4 is 0 Å². The van der Waals surface area contributed by atoms with E-state index in [1.54, 1.807) is 4.91 Å². The van der Waals surface area contributed by atoms with Crippen LogP contribution in [-0.2, 0) is 0 Å². The summed E-state index contributed by atoms with van der Waals surface area (Å²) in [5.74, 6) is 1.19. The Bertz CT molecular complexity index is 208. The number of likely N-dealkylation sites (N-methyl/N-ethyl adjacent to an activating group) is 1. The number of nitrogens with zero attached hydrogens (tertiary/aromatic N) is 1. The monoisotopic (exact) mass is 167 g/mol. The van der Waals surface area contributed by atoms with Crippen LogP contribution in [0.4, 0.5) is 0 Å². The van der Waals surface area contributed by atoms with E-state index in [0.717, 1.165) is 6.04 Å². The molecule has 60 valence electrons. The molecule has 11 heavy (non-hydrogen) atoms. The molecule has 0 radical (unpaired) electrons. The predicted molar refractivity (Wildman–Crippen MR) is 50.5 cm³/mol. The van der Waals surface area contributed by atoms with Crippen molar-refractivity contribution in [1.82, 2.24) is 4.90 Å². The van der Waals surface area contributed by atoms with Gasteiger partial charge in [-0.05, 0) is 13.0 Å². The van der Waals surface area contributed by atoms with E-state index in [9.17, 15) is 0 Å². The van der Waals surface area contributed by atoms with Crippen molar-refractivity contribution in [2.45, 2.75) is 19.4 Å². The van der Waals surface area contributed by atoms with Gasteiger partial charge >= 0.3 is 0 Å². The summed E-state index contributed by atoms with van der Waals surface area (Å²) in [6.45, 7) is 3.42. The van der Waals surface area contributed by atoms with Crippen LogP contribution in [0.3, 0.4) is 0 Å². The topological polar surface area (TPSA) is 3.24 Å². The van der Waals surface area contributed by atoms with E-state index in [-0.39, 0.29) is 0 Å². The molecule has 1 fully saturated rings. The molecular weight excluding hydrogens is 154 g/mol. The third-order valence-corrected chi connectivity index (χ3v) is 3.53. The molecule has 2 rings (SSSR count). The molecule has 2 heteroatoms. The van der Waals surface area contributed by atoms with Gasteiger partial charge in [-0.2, -0.15) is 0 Å². The molecular formula is C9H13NS. The van der Waals surface area contributed by atoms with Crippen molar-refractivity contribution >= 4 is 11.8 Å². The Morgan fingerprint density at radius 3 is 3.45 bits per heavy atom. The Balaban J connectivity index is 2.15. The zero-order valence-electron chi connectivity index (χ0n) is 6.79. The van der Waals surface area contributed by atoms with Gasteiger partial charge in [-0.25, -0.2) is 0 Å². The number of hydrogen-bond acceptors (Lipinski definition) is 2. The first kappa shape index (κ1) is 7.44. The number of thioether (sulfide) groups is 1. The molecule has 1 nitrogen and oxygen atoms in total. The van der Waals surface area contributed by atoms with Gasteiger partial charge in [0.1, 0.15) is 0 Å². The Hall–Kier alpha value is -0.210. The maximum absolute atomic E-state index is 2.53. The largest absolute Gasteiger partial charge is 0.286 e. The lowest BCUT2D eigenvalue weighted by Crippen LogP contribution is -2.29. The maximum Gasteiger partial charge on any atom is 0.0495 e. The van der Waals surface area contributed by atoms with Crippen LogP contribution in [-0.4, -0.2) is 23.4 Å². The van der Waals surface area contributed by atoms with Crippen LogP contribution in [0, 0.1) is 0 Å². The van der Waals surface area contributed by atoms with Crippen LogP contribution >= 0.6 is 11.8 Å². The van der Waals surface area contributed by atoms with Gasteiger partial charge in [0.2, 0.25) is 0 Å². The Labute approximate surface area is 72.2 Å². The van der Waals surface area contributed by atoms with Gasteiger partial charge < -0.3 is 0 Å². The average Bonchev–Trinajstić information content (AvgIpc) is 2.47. The molecule has 0 aromatic carbocycles. The van der Waals surface area contributed by atoms with Gasteiger partial charge in [0, 0.05) is 16.8 Å². The zero-order chi connectivity index (χ0) is 7.68. The van der Waals surface area contributed by atoms with Crippen molar-refractivity contribution < 1.29 is 0 Å². The van der Waals surface area contributed by atoms with Crippen molar-refractivity contribution in [1.29, 1.82) is 0 Å². The SMILES string of the molecule is CCN1CSC2=CC=CCC21. The van der Waals surface area contributed by atoms with Crippen molar-refractivity contribution in [3.8, 4) is 0 Å². The lowest BCUT2D eigenvalue weighted by molar-refractivity contribution is 0.294. The molecule has 0 saturated carbocycles. The molecule has 1 heterocycles. The first-order valence-corrected chi connectivity index (χ1v) is 5.14. The fourth-order valence-electron chi connectivity index (χ4n) is 1.63. The van der Waals surface area contributed by atoms with Crippen LogP contribution in [0.5, 0.6) is 0 Å². The molecule has 0 N–H and O–H groups in total. The third-order valence-electron chi connectivity index (χ3n) is 2.33. The lowest BCUT2D eigenvalue weighted by Gasteiger charge is -2.22. The summed E-state index contributed by atoms with van der Waals surface area (Å²) < 4.78 is 0. The van der Waals surface area contributed by atoms with Gasteiger partial charge in [0.15, 0.2) is 0 Å². The van der Waals surface area contributed by atoms with E-state index in [1.165, 1.54) is 18.8 Å². The highest BCUT2D eigenvalue weighted by atomic mass is 32.2. The standard InChI is InChI=1S/C9H13NS/c1-2-10-7-11-9-6-4-3-5-8(9)10/h3-4,6,8H,2,5,7H2,1H3. The van der Waals surface area contributed by atoms with Gasteiger partial charge in [-0.15, -0.1) is 11.8 Å². The highest BCUT2D eigenvalue weighted by Crippen LogP contribution is 2.36. The second-order valence-corrected chi connectivity index (χ2v) is 3.95. The van der Waals surface area contributed by atoms with Gasteiger partial charge in [0.05, 0.1) is 0 Å². The summed E-state index contributed by atoms with van der Waals surface area (Å²) in [5.41, 5.74) is 0. The summed E-state index contributed by atoms with van der Waals surface area (Å²) in [7, 11) is 0. The number of hydrogen-bond donors (Lipinski definition) is 0. The van der Waals surface area contributed by atoms with Gasteiger partial charge in [-0.1, -0.05) is 25.2 Å². The van der Waals surface area contributed by atoms with Crippen LogP contribution in [0.25, 0.3) is 0 Å². The van der Waals surface area contributed by atoms with E-state index in [4.69, 9.17) is 0 Å². The second kappa shape index (κ2) is 3.03. The number of rotatable bonds is 1. The molecule has 0 amide bonds. The molecule has 0 bridgehead atoms. The fourth-order valence-corrected chi connectivity index (χ4v) is 2.92.